The molecule has 0 aromatic heterocycles. The van der Waals surface area contributed by atoms with Crippen LogP contribution in [0.1, 0.15) is 0 Å². The van der Waals surface area contributed by atoms with Crippen LogP contribution in [0.5, 0.6) is 11.5 Å². The molecule has 2 rings (SSSR count). The zero-order chi connectivity index (χ0) is 17.4. The van der Waals surface area contributed by atoms with E-state index in [1.54, 1.807) is 62.8 Å². The molecule has 2 aromatic carbocycles. The van der Waals surface area contributed by atoms with Crippen LogP contribution in [0.15, 0.2) is 48.5 Å². The Hall–Kier alpha value is -3.42. The van der Waals surface area contributed by atoms with Crippen LogP contribution in [0.4, 0.5) is 11.4 Å². The molecule has 2 amide bonds. The van der Waals surface area contributed by atoms with E-state index >= 15 is 0 Å². The number of hydrogen-bond donors (Lipinski definition) is 4. The molecule has 8 heteroatoms. The molecule has 2 aromatic rings. The van der Waals surface area contributed by atoms with E-state index in [-0.39, 0.29) is 0 Å². The third-order valence-electron chi connectivity index (χ3n) is 3.03. The number of anilines is 2. The maximum Gasteiger partial charge on any atom is 0.329 e. The molecule has 0 heterocycles. The van der Waals surface area contributed by atoms with Gasteiger partial charge in [-0.05, 0) is 48.5 Å². The second kappa shape index (κ2) is 8.28. The van der Waals surface area contributed by atoms with Crippen molar-refractivity contribution in [1.29, 1.82) is 0 Å². The first-order valence-corrected chi connectivity index (χ1v) is 7.03. The number of methoxy groups -OCH3 is 2. The Bertz CT molecular complexity index is 625. The van der Waals surface area contributed by atoms with Crippen molar-refractivity contribution >= 4 is 23.2 Å². The highest BCUT2D eigenvalue weighted by molar-refractivity contribution is 6.35. The molecule has 0 aliphatic rings. The summed E-state index contributed by atoms with van der Waals surface area (Å²) in [5, 5.41) is 0. The largest absolute Gasteiger partial charge is 0.497 e. The first-order chi connectivity index (χ1) is 11.6. The van der Waals surface area contributed by atoms with Crippen LogP contribution in [0.25, 0.3) is 0 Å². The number of hydrazine groups is 2. The molecule has 24 heavy (non-hydrogen) atoms. The maximum atomic E-state index is 11.7. The van der Waals surface area contributed by atoms with Gasteiger partial charge in [-0.2, -0.15) is 0 Å². The van der Waals surface area contributed by atoms with Crippen molar-refractivity contribution in [2.24, 2.45) is 0 Å². The predicted octanol–water partition coefficient (Wildman–Crippen LogP) is 1.29. The van der Waals surface area contributed by atoms with Gasteiger partial charge in [-0.15, -0.1) is 0 Å². The molecule has 0 spiro atoms. The van der Waals surface area contributed by atoms with Crippen molar-refractivity contribution in [2.45, 2.75) is 0 Å². The molecular formula is C16H18N4O4. The van der Waals surface area contributed by atoms with Gasteiger partial charge in [-0.1, -0.05) is 0 Å². The number of hydrogen-bond acceptors (Lipinski definition) is 6. The third kappa shape index (κ3) is 4.80. The first kappa shape index (κ1) is 16.9. The quantitative estimate of drug-likeness (QED) is 0.470. The van der Waals surface area contributed by atoms with Gasteiger partial charge in [0.1, 0.15) is 11.5 Å². The lowest BCUT2D eigenvalue weighted by Gasteiger charge is -2.11. The van der Waals surface area contributed by atoms with Crippen molar-refractivity contribution in [3.8, 4) is 11.5 Å². The fourth-order valence-corrected chi connectivity index (χ4v) is 1.72. The predicted molar refractivity (Wildman–Crippen MR) is 89.5 cm³/mol. The smallest absolute Gasteiger partial charge is 0.329 e. The Labute approximate surface area is 139 Å². The highest BCUT2D eigenvalue weighted by Gasteiger charge is 2.12. The van der Waals surface area contributed by atoms with E-state index in [0.717, 1.165) is 0 Å². The van der Waals surface area contributed by atoms with Crippen molar-refractivity contribution in [1.82, 2.24) is 10.9 Å². The molecule has 8 nitrogen and oxygen atoms in total. The van der Waals surface area contributed by atoms with Crippen LogP contribution in [0.2, 0.25) is 0 Å². The van der Waals surface area contributed by atoms with Gasteiger partial charge in [-0.3, -0.25) is 31.3 Å². The average molecular weight is 330 g/mol. The molecule has 0 unspecified atom stereocenters. The first-order valence-electron chi connectivity index (χ1n) is 7.03. The van der Waals surface area contributed by atoms with Gasteiger partial charge in [0.15, 0.2) is 0 Å². The zero-order valence-electron chi connectivity index (χ0n) is 13.3. The summed E-state index contributed by atoms with van der Waals surface area (Å²) >= 11 is 0. The van der Waals surface area contributed by atoms with Crippen LogP contribution in [0.3, 0.4) is 0 Å². The van der Waals surface area contributed by atoms with E-state index in [1.165, 1.54) is 0 Å². The minimum absolute atomic E-state index is 0.611. The van der Waals surface area contributed by atoms with Gasteiger partial charge in [0.05, 0.1) is 25.6 Å². The fourth-order valence-electron chi connectivity index (χ4n) is 1.72. The summed E-state index contributed by atoms with van der Waals surface area (Å²) in [5.41, 5.74) is 11.1. The van der Waals surface area contributed by atoms with Crippen molar-refractivity contribution in [3.05, 3.63) is 48.5 Å². The number of benzene rings is 2. The summed E-state index contributed by atoms with van der Waals surface area (Å²) in [4.78, 5) is 23.4. The van der Waals surface area contributed by atoms with E-state index < -0.39 is 11.8 Å². The van der Waals surface area contributed by atoms with Crippen LogP contribution in [-0.4, -0.2) is 26.0 Å². The van der Waals surface area contributed by atoms with Gasteiger partial charge in [-0.25, -0.2) is 0 Å². The Morgan fingerprint density at radius 3 is 1.29 bits per heavy atom. The van der Waals surface area contributed by atoms with Crippen LogP contribution < -0.4 is 31.2 Å². The molecule has 0 radical (unpaired) electrons. The van der Waals surface area contributed by atoms with E-state index in [2.05, 4.69) is 21.7 Å². The Morgan fingerprint density at radius 1 is 0.667 bits per heavy atom. The number of nitrogens with one attached hydrogen (secondary N) is 4. The monoisotopic (exact) mass is 330 g/mol. The fraction of sp³-hybridized carbons (Fsp3) is 0.125. The number of amides is 2. The number of ether oxygens (including phenoxy) is 2. The molecule has 0 saturated carbocycles. The molecule has 0 saturated heterocycles. The zero-order valence-corrected chi connectivity index (χ0v) is 13.3. The van der Waals surface area contributed by atoms with Crippen LogP contribution in [-0.2, 0) is 9.59 Å². The minimum atomic E-state index is -0.841. The van der Waals surface area contributed by atoms with Crippen molar-refractivity contribution < 1.29 is 19.1 Å². The summed E-state index contributed by atoms with van der Waals surface area (Å²) in [6.45, 7) is 0. The Morgan fingerprint density at radius 2 is 1.00 bits per heavy atom. The summed E-state index contributed by atoms with van der Waals surface area (Å²) in [6, 6.07) is 13.7. The highest BCUT2D eigenvalue weighted by Crippen LogP contribution is 2.14. The number of carbonyl (C=O) groups excluding carboxylic acids is 2. The summed E-state index contributed by atoms with van der Waals surface area (Å²) < 4.78 is 10.1. The van der Waals surface area contributed by atoms with E-state index in [0.29, 0.717) is 22.9 Å². The Balaban J connectivity index is 1.77. The van der Waals surface area contributed by atoms with Crippen molar-refractivity contribution in [2.75, 3.05) is 25.1 Å². The molecule has 0 atom stereocenters. The molecule has 0 bridgehead atoms. The lowest BCUT2D eigenvalue weighted by atomic mass is 10.3. The summed E-state index contributed by atoms with van der Waals surface area (Å²) in [5.74, 6) is -0.305. The lowest BCUT2D eigenvalue weighted by molar-refractivity contribution is -0.138. The van der Waals surface area contributed by atoms with Gasteiger partial charge in [0, 0.05) is 0 Å². The SMILES string of the molecule is COc1ccc(NNC(=O)C(=O)NNc2ccc(OC)cc2)cc1. The van der Waals surface area contributed by atoms with Crippen LogP contribution >= 0.6 is 0 Å². The number of carbonyl (C=O) groups is 2. The normalized spacial score (nSPS) is 9.58. The molecule has 126 valence electrons. The molecule has 0 fully saturated rings. The minimum Gasteiger partial charge on any atom is -0.497 e. The Kier molecular flexibility index (Phi) is 5.84. The van der Waals surface area contributed by atoms with Gasteiger partial charge in [0.25, 0.3) is 0 Å². The maximum absolute atomic E-state index is 11.7. The summed E-state index contributed by atoms with van der Waals surface area (Å²) in [6.07, 6.45) is 0. The summed E-state index contributed by atoms with van der Waals surface area (Å²) in [7, 11) is 3.12. The van der Waals surface area contributed by atoms with Gasteiger partial charge >= 0.3 is 11.8 Å². The van der Waals surface area contributed by atoms with Gasteiger partial charge < -0.3 is 9.47 Å². The second-order valence-corrected chi connectivity index (χ2v) is 4.62. The van der Waals surface area contributed by atoms with E-state index in [4.69, 9.17) is 9.47 Å². The van der Waals surface area contributed by atoms with E-state index in [9.17, 15) is 9.59 Å². The van der Waals surface area contributed by atoms with Crippen LogP contribution in [0, 0.1) is 0 Å². The lowest BCUT2D eigenvalue weighted by Crippen LogP contribution is -2.44. The molecule has 0 aliphatic carbocycles. The average Bonchev–Trinajstić information content (AvgIpc) is 2.64. The standard InChI is InChI=1S/C16H18N4O4/c1-23-13-7-3-11(4-8-13)17-19-15(21)16(22)20-18-12-5-9-14(24-2)10-6-12/h3-10,17-18H,1-2H3,(H,19,21)(H,20,22). The molecule has 4 N–H and O–H groups in total. The molecular weight excluding hydrogens is 312 g/mol. The highest BCUT2D eigenvalue weighted by atomic mass is 16.5. The van der Waals surface area contributed by atoms with E-state index in [1.807, 2.05) is 0 Å². The second-order valence-electron chi connectivity index (χ2n) is 4.62. The third-order valence-corrected chi connectivity index (χ3v) is 3.03. The number of rotatable bonds is 6. The van der Waals surface area contributed by atoms with Crippen molar-refractivity contribution in [3.63, 3.8) is 0 Å². The van der Waals surface area contributed by atoms with Gasteiger partial charge in [0.2, 0.25) is 0 Å². The molecule has 0 aliphatic heterocycles. The topological polar surface area (TPSA) is 101 Å².